The Balaban J connectivity index is 1.88. The zero-order chi connectivity index (χ0) is 19.2. The number of phenolic OH excluding ortho intramolecular Hbond substituents is 1. The number of hydrogen-bond acceptors (Lipinski definition) is 5. The van der Waals surface area contributed by atoms with Gasteiger partial charge in [0, 0.05) is 5.69 Å². The lowest BCUT2D eigenvalue weighted by Gasteiger charge is -2.10. The van der Waals surface area contributed by atoms with Crippen LogP contribution < -0.4 is 15.5 Å². The van der Waals surface area contributed by atoms with Gasteiger partial charge in [-0.15, -0.1) is 0 Å². The van der Waals surface area contributed by atoms with Crippen LogP contribution in [0.5, 0.6) is 11.5 Å². The minimum Gasteiger partial charge on any atom is -0.504 e. The Morgan fingerprint density at radius 1 is 1.27 bits per heavy atom. The van der Waals surface area contributed by atoms with E-state index in [2.05, 4.69) is 15.8 Å². The van der Waals surface area contributed by atoms with Gasteiger partial charge in [-0.1, -0.05) is 6.07 Å². The topological polar surface area (TPSA) is 83.0 Å². The van der Waals surface area contributed by atoms with Gasteiger partial charge in [0.05, 0.1) is 25.4 Å². The molecule has 0 atom stereocenters. The molecule has 0 fully saturated rings. The number of methoxy groups -OCH3 is 1. The number of carbonyl (C=O) groups excluding carboxylic acids is 1. The number of nitrogens with one attached hydrogen (secondary N) is 2. The second kappa shape index (κ2) is 8.24. The van der Waals surface area contributed by atoms with E-state index in [4.69, 9.17) is 4.74 Å². The zero-order valence-corrected chi connectivity index (χ0v) is 13.7. The molecular formula is C17H16F3N3O3. The molecule has 2 aromatic rings. The van der Waals surface area contributed by atoms with E-state index in [0.717, 1.165) is 12.1 Å². The minimum atomic E-state index is -4.45. The Kier molecular flexibility index (Phi) is 6.05. The van der Waals surface area contributed by atoms with Gasteiger partial charge in [0.2, 0.25) is 0 Å². The molecule has 6 nitrogen and oxygen atoms in total. The third kappa shape index (κ3) is 5.40. The van der Waals surface area contributed by atoms with E-state index in [0.29, 0.717) is 5.56 Å². The van der Waals surface area contributed by atoms with Crippen LogP contribution in [-0.4, -0.2) is 30.9 Å². The molecule has 26 heavy (non-hydrogen) atoms. The van der Waals surface area contributed by atoms with Crippen LogP contribution in [0.4, 0.5) is 18.9 Å². The second-order valence-corrected chi connectivity index (χ2v) is 5.16. The highest BCUT2D eigenvalue weighted by Gasteiger charge is 2.30. The highest BCUT2D eigenvalue weighted by molar-refractivity contribution is 5.84. The van der Waals surface area contributed by atoms with Crippen molar-refractivity contribution < 1.29 is 27.8 Å². The molecule has 0 bridgehead atoms. The van der Waals surface area contributed by atoms with Crippen molar-refractivity contribution in [1.82, 2.24) is 5.43 Å². The number of carbonyl (C=O) groups is 1. The van der Waals surface area contributed by atoms with E-state index in [1.54, 1.807) is 6.07 Å². The summed E-state index contributed by atoms with van der Waals surface area (Å²) in [4.78, 5) is 11.7. The normalized spacial score (nSPS) is 11.4. The van der Waals surface area contributed by atoms with Crippen LogP contribution in [0.1, 0.15) is 11.1 Å². The number of benzene rings is 2. The van der Waals surface area contributed by atoms with Crippen molar-refractivity contribution in [3.8, 4) is 11.5 Å². The molecule has 2 rings (SSSR count). The molecule has 0 aliphatic heterocycles. The Morgan fingerprint density at radius 2 is 2.04 bits per heavy atom. The molecule has 138 valence electrons. The lowest BCUT2D eigenvalue weighted by Crippen LogP contribution is -2.26. The third-order valence-corrected chi connectivity index (χ3v) is 3.25. The summed E-state index contributed by atoms with van der Waals surface area (Å²) in [5.74, 6) is -0.310. The number of rotatable bonds is 6. The molecule has 2 aromatic carbocycles. The summed E-state index contributed by atoms with van der Waals surface area (Å²) in [7, 11) is 1.40. The van der Waals surface area contributed by atoms with E-state index in [1.165, 1.54) is 37.6 Å². The van der Waals surface area contributed by atoms with Gasteiger partial charge in [-0.05, 0) is 42.0 Å². The fourth-order valence-corrected chi connectivity index (χ4v) is 1.98. The quantitative estimate of drug-likeness (QED) is 0.542. The molecule has 1 amide bonds. The van der Waals surface area contributed by atoms with Gasteiger partial charge in [-0.2, -0.15) is 18.3 Å². The lowest BCUT2D eigenvalue weighted by atomic mass is 10.2. The van der Waals surface area contributed by atoms with E-state index in [1.807, 2.05) is 0 Å². The number of ether oxygens (including phenoxy) is 1. The van der Waals surface area contributed by atoms with Crippen molar-refractivity contribution in [3.63, 3.8) is 0 Å². The van der Waals surface area contributed by atoms with Crippen LogP contribution in [-0.2, 0) is 11.0 Å². The summed E-state index contributed by atoms with van der Waals surface area (Å²) in [6.45, 7) is -0.252. The van der Waals surface area contributed by atoms with E-state index in [9.17, 15) is 23.1 Å². The van der Waals surface area contributed by atoms with Crippen molar-refractivity contribution in [1.29, 1.82) is 0 Å². The molecule has 0 spiro atoms. The predicted octanol–water partition coefficient (Wildman–Crippen LogP) is 2.98. The maximum atomic E-state index is 12.6. The molecule has 3 N–H and O–H groups in total. The van der Waals surface area contributed by atoms with Crippen LogP contribution >= 0.6 is 0 Å². The average molecular weight is 367 g/mol. The standard InChI is InChI=1S/C17H16F3N3O3/c1-26-15-7-11(5-6-14(15)24)9-22-23-16(25)10-21-13-4-2-3-12(8-13)17(18,19)20/h2-9,21,24H,10H2,1H3,(H,23,25)/b22-9+. The van der Waals surface area contributed by atoms with E-state index < -0.39 is 17.6 Å². The van der Waals surface area contributed by atoms with Gasteiger partial charge in [0.25, 0.3) is 5.91 Å². The highest BCUT2D eigenvalue weighted by atomic mass is 19.4. The third-order valence-electron chi connectivity index (χ3n) is 3.25. The number of alkyl halides is 3. The summed E-state index contributed by atoms with van der Waals surface area (Å²) >= 11 is 0. The molecule has 0 heterocycles. The lowest BCUT2D eigenvalue weighted by molar-refractivity contribution is -0.137. The van der Waals surface area contributed by atoms with Crippen LogP contribution in [0, 0.1) is 0 Å². The molecule has 0 aromatic heterocycles. The first-order valence-electron chi connectivity index (χ1n) is 7.39. The van der Waals surface area contributed by atoms with E-state index >= 15 is 0 Å². The molecule has 0 saturated heterocycles. The van der Waals surface area contributed by atoms with Crippen LogP contribution in [0.3, 0.4) is 0 Å². The number of anilines is 1. The van der Waals surface area contributed by atoms with Crippen molar-refractivity contribution in [2.45, 2.75) is 6.18 Å². The fraction of sp³-hybridized carbons (Fsp3) is 0.176. The first-order chi connectivity index (χ1) is 12.3. The van der Waals surface area contributed by atoms with Gasteiger partial charge in [0.15, 0.2) is 11.5 Å². The minimum absolute atomic E-state index is 0.0287. The van der Waals surface area contributed by atoms with Gasteiger partial charge in [-0.25, -0.2) is 5.43 Å². The Labute approximate surface area is 147 Å². The number of phenols is 1. The van der Waals surface area contributed by atoms with Crippen molar-refractivity contribution >= 4 is 17.8 Å². The number of amides is 1. The van der Waals surface area contributed by atoms with Crippen molar-refractivity contribution in [3.05, 3.63) is 53.6 Å². The molecular weight excluding hydrogens is 351 g/mol. The molecule has 0 aliphatic carbocycles. The first-order valence-corrected chi connectivity index (χ1v) is 7.39. The predicted molar refractivity (Wildman–Crippen MR) is 90.3 cm³/mol. The summed E-state index contributed by atoms with van der Waals surface area (Å²) in [6, 6.07) is 9.03. The zero-order valence-electron chi connectivity index (χ0n) is 13.7. The molecule has 0 radical (unpaired) electrons. The summed E-state index contributed by atoms with van der Waals surface area (Å²) in [5, 5.41) is 15.8. The number of nitrogens with zero attached hydrogens (tertiary/aromatic N) is 1. The Morgan fingerprint density at radius 3 is 2.73 bits per heavy atom. The van der Waals surface area contributed by atoms with Gasteiger partial charge in [-0.3, -0.25) is 4.79 Å². The molecule has 9 heteroatoms. The van der Waals surface area contributed by atoms with Gasteiger partial charge in [0.1, 0.15) is 0 Å². The first kappa shape index (κ1) is 19.1. The Hall–Kier alpha value is -3.23. The summed E-state index contributed by atoms with van der Waals surface area (Å²) < 4.78 is 42.8. The summed E-state index contributed by atoms with van der Waals surface area (Å²) in [5.41, 5.74) is 2.18. The van der Waals surface area contributed by atoms with Crippen LogP contribution in [0.2, 0.25) is 0 Å². The fourth-order valence-electron chi connectivity index (χ4n) is 1.98. The number of hydrogen-bond donors (Lipinski definition) is 3. The number of aromatic hydroxyl groups is 1. The molecule has 0 saturated carbocycles. The number of hydrazone groups is 1. The molecule has 0 aliphatic rings. The SMILES string of the molecule is COc1cc(/C=N/NC(=O)CNc2cccc(C(F)(F)F)c2)ccc1O. The van der Waals surface area contributed by atoms with Gasteiger partial charge < -0.3 is 15.2 Å². The van der Waals surface area contributed by atoms with Crippen molar-refractivity contribution in [2.75, 3.05) is 19.0 Å². The van der Waals surface area contributed by atoms with Crippen LogP contribution in [0.25, 0.3) is 0 Å². The van der Waals surface area contributed by atoms with Crippen molar-refractivity contribution in [2.24, 2.45) is 5.10 Å². The van der Waals surface area contributed by atoms with E-state index in [-0.39, 0.29) is 23.7 Å². The average Bonchev–Trinajstić information content (AvgIpc) is 2.61. The maximum Gasteiger partial charge on any atom is 0.416 e. The number of halogens is 3. The maximum absolute atomic E-state index is 12.6. The second-order valence-electron chi connectivity index (χ2n) is 5.16. The van der Waals surface area contributed by atoms with Crippen LogP contribution in [0.15, 0.2) is 47.6 Å². The smallest absolute Gasteiger partial charge is 0.416 e. The molecule has 0 unspecified atom stereocenters. The van der Waals surface area contributed by atoms with Gasteiger partial charge >= 0.3 is 6.18 Å². The summed E-state index contributed by atoms with van der Waals surface area (Å²) in [6.07, 6.45) is -3.11. The Bertz CT molecular complexity index is 807. The highest BCUT2D eigenvalue weighted by Crippen LogP contribution is 2.30. The largest absolute Gasteiger partial charge is 0.504 e. The monoisotopic (exact) mass is 367 g/mol.